The number of carboxylic acids is 1. The third kappa shape index (κ3) is 5.74. The van der Waals surface area contributed by atoms with Gasteiger partial charge in [0, 0.05) is 24.6 Å². The number of Topliss-reactive ketones (excluding diaryl/α,β-unsaturated/α-hetero) is 1. The van der Waals surface area contributed by atoms with E-state index in [-0.39, 0.29) is 30.1 Å². The summed E-state index contributed by atoms with van der Waals surface area (Å²) in [4.78, 5) is 44.9. The van der Waals surface area contributed by atoms with Gasteiger partial charge in [-0.1, -0.05) is 0 Å². The Hall–Kier alpha value is -2.70. The van der Waals surface area contributed by atoms with Crippen molar-refractivity contribution in [1.29, 1.82) is 0 Å². The molecular formula is C15H18N2O5. The molecule has 0 saturated carbocycles. The highest BCUT2D eigenvalue weighted by Crippen LogP contribution is 2.10. The summed E-state index contributed by atoms with van der Waals surface area (Å²) < 4.78 is 0. The molecule has 3 N–H and O–H groups in total. The van der Waals surface area contributed by atoms with Crippen LogP contribution in [0, 0.1) is 0 Å². The van der Waals surface area contributed by atoms with Crippen molar-refractivity contribution in [3.05, 3.63) is 29.8 Å². The number of hydrogen-bond acceptors (Lipinski definition) is 4. The van der Waals surface area contributed by atoms with Gasteiger partial charge in [0.2, 0.25) is 5.91 Å². The van der Waals surface area contributed by atoms with Crippen molar-refractivity contribution in [2.75, 3.05) is 5.32 Å². The molecule has 0 spiro atoms. The van der Waals surface area contributed by atoms with Crippen LogP contribution in [0.4, 0.5) is 5.69 Å². The summed E-state index contributed by atoms with van der Waals surface area (Å²) in [5, 5.41) is 14.0. The number of aliphatic carboxylic acids is 1. The molecule has 0 heterocycles. The molecule has 0 unspecified atom stereocenters. The average Bonchev–Trinajstić information content (AvgIpc) is 2.42. The van der Waals surface area contributed by atoms with E-state index in [9.17, 15) is 19.2 Å². The van der Waals surface area contributed by atoms with Crippen LogP contribution in [-0.4, -0.2) is 34.7 Å². The van der Waals surface area contributed by atoms with Gasteiger partial charge in [0.15, 0.2) is 0 Å². The SMILES string of the molecule is CC(=O)CC[C@H](NC(=O)c1ccc(NC(C)=O)cc1)C(=O)O. The summed E-state index contributed by atoms with van der Waals surface area (Å²) in [5.74, 6) is -2.11. The molecule has 0 fully saturated rings. The van der Waals surface area contributed by atoms with Crippen molar-refractivity contribution in [3.8, 4) is 0 Å². The van der Waals surface area contributed by atoms with Gasteiger partial charge in [-0.25, -0.2) is 4.79 Å². The molecule has 0 aliphatic carbocycles. The third-order valence-corrected chi connectivity index (χ3v) is 2.86. The maximum atomic E-state index is 12.0. The van der Waals surface area contributed by atoms with E-state index in [1.165, 1.54) is 26.0 Å². The van der Waals surface area contributed by atoms with Crippen molar-refractivity contribution in [2.45, 2.75) is 32.7 Å². The smallest absolute Gasteiger partial charge is 0.326 e. The summed E-state index contributed by atoms with van der Waals surface area (Å²) in [5.41, 5.74) is 0.804. The molecule has 0 aliphatic rings. The number of ketones is 1. The van der Waals surface area contributed by atoms with Crippen LogP contribution in [0.5, 0.6) is 0 Å². The van der Waals surface area contributed by atoms with Crippen molar-refractivity contribution in [1.82, 2.24) is 5.32 Å². The third-order valence-electron chi connectivity index (χ3n) is 2.86. The standard InChI is InChI=1S/C15H18N2O5/c1-9(18)3-8-13(15(21)22)17-14(20)11-4-6-12(7-5-11)16-10(2)19/h4-7,13H,3,8H2,1-2H3,(H,16,19)(H,17,20)(H,21,22)/t13-/m0/s1. The molecule has 7 heteroatoms. The number of nitrogens with one attached hydrogen (secondary N) is 2. The largest absolute Gasteiger partial charge is 0.480 e. The molecule has 1 aromatic carbocycles. The Kier molecular flexibility index (Phi) is 6.25. The molecule has 2 amide bonds. The number of carbonyl (C=O) groups excluding carboxylic acids is 3. The Morgan fingerprint density at radius 2 is 1.68 bits per heavy atom. The van der Waals surface area contributed by atoms with E-state index in [1.807, 2.05) is 0 Å². The molecule has 22 heavy (non-hydrogen) atoms. The Balaban J connectivity index is 2.71. The molecule has 0 aromatic heterocycles. The second-order valence-corrected chi connectivity index (χ2v) is 4.86. The first-order valence-electron chi connectivity index (χ1n) is 6.70. The van der Waals surface area contributed by atoms with Crippen molar-refractivity contribution < 1.29 is 24.3 Å². The van der Waals surface area contributed by atoms with E-state index >= 15 is 0 Å². The van der Waals surface area contributed by atoms with Crippen molar-refractivity contribution in [3.63, 3.8) is 0 Å². The molecule has 118 valence electrons. The van der Waals surface area contributed by atoms with E-state index in [4.69, 9.17) is 5.11 Å². The zero-order valence-corrected chi connectivity index (χ0v) is 12.4. The second kappa shape index (κ2) is 7.92. The number of benzene rings is 1. The van der Waals surface area contributed by atoms with Gasteiger partial charge in [0.05, 0.1) is 0 Å². The number of amides is 2. The molecule has 0 bridgehead atoms. The lowest BCUT2D eigenvalue weighted by atomic mass is 10.1. The summed E-state index contributed by atoms with van der Waals surface area (Å²) >= 11 is 0. The fourth-order valence-electron chi connectivity index (χ4n) is 1.75. The zero-order chi connectivity index (χ0) is 16.7. The van der Waals surface area contributed by atoms with Gasteiger partial charge in [-0.05, 0) is 37.6 Å². The summed E-state index contributed by atoms with van der Waals surface area (Å²) in [6.45, 7) is 2.73. The monoisotopic (exact) mass is 306 g/mol. The number of rotatable bonds is 7. The molecule has 1 aromatic rings. The first-order chi connectivity index (χ1) is 10.3. The lowest BCUT2D eigenvalue weighted by Crippen LogP contribution is -2.41. The van der Waals surface area contributed by atoms with Crippen LogP contribution in [0.15, 0.2) is 24.3 Å². The lowest BCUT2D eigenvalue weighted by Gasteiger charge is -2.14. The van der Waals surface area contributed by atoms with E-state index in [0.717, 1.165) is 0 Å². The predicted molar refractivity (Wildman–Crippen MR) is 79.6 cm³/mol. The summed E-state index contributed by atoms with van der Waals surface area (Å²) in [7, 11) is 0. The molecule has 7 nitrogen and oxygen atoms in total. The van der Waals surface area contributed by atoms with Gasteiger partial charge in [-0.15, -0.1) is 0 Å². The van der Waals surface area contributed by atoms with Crippen LogP contribution in [0.2, 0.25) is 0 Å². The van der Waals surface area contributed by atoms with E-state index in [1.54, 1.807) is 12.1 Å². The van der Waals surface area contributed by atoms with Gasteiger partial charge in [0.1, 0.15) is 11.8 Å². The first kappa shape index (κ1) is 17.4. The minimum absolute atomic E-state index is 0.0420. The highest BCUT2D eigenvalue weighted by atomic mass is 16.4. The average molecular weight is 306 g/mol. The zero-order valence-electron chi connectivity index (χ0n) is 12.4. The molecule has 1 rings (SSSR count). The van der Waals surface area contributed by atoms with Gasteiger partial charge < -0.3 is 20.5 Å². The van der Waals surface area contributed by atoms with Crippen molar-refractivity contribution in [2.24, 2.45) is 0 Å². The Morgan fingerprint density at radius 3 is 2.14 bits per heavy atom. The molecule has 0 radical (unpaired) electrons. The normalized spacial score (nSPS) is 11.4. The topological polar surface area (TPSA) is 113 Å². The highest BCUT2D eigenvalue weighted by Gasteiger charge is 2.20. The van der Waals surface area contributed by atoms with Crippen LogP contribution in [0.25, 0.3) is 0 Å². The predicted octanol–water partition coefficient (Wildman–Crippen LogP) is 1.20. The van der Waals surface area contributed by atoms with E-state index < -0.39 is 17.9 Å². The van der Waals surface area contributed by atoms with Crippen LogP contribution >= 0.6 is 0 Å². The van der Waals surface area contributed by atoms with Gasteiger partial charge >= 0.3 is 5.97 Å². The van der Waals surface area contributed by atoms with Gasteiger partial charge in [-0.2, -0.15) is 0 Å². The number of carboxylic acid groups (broad SMARTS) is 1. The van der Waals surface area contributed by atoms with Gasteiger partial charge in [-0.3, -0.25) is 9.59 Å². The molecule has 0 aliphatic heterocycles. The lowest BCUT2D eigenvalue weighted by molar-refractivity contribution is -0.139. The Bertz CT molecular complexity index is 580. The van der Waals surface area contributed by atoms with Crippen LogP contribution in [-0.2, 0) is 14.4 Å². The van der Waals surface area contributed by atoms with Gasteiger partial charge in [0.25, 0.3) is 5.91 Å². The minimum Gasteiger partial charge on any atom is -0.480 e. The fraction of sp³-hybridized carbons (Fsp3) is 0.333. The molecule has 0 saturated heterocycles. The Morgan fingerprint density at radius 1 is 1.09 bits per heavy atom. The second-order valence-electron chi connectivity index (χ2n) is 4.86. The molecular weight excluding hydrogens is 288 g/mol. The number of carbonyl (C=O) groups is 4. The van der Waals surface area contributed by atoms with E-state index in [2.05, 4.69) is 10.6 Å². The quantitative estimate of drug-likeness (QED) is 0.700. The number of anilines is 1. The van der Waals surface area contributed by atoms with Crippen LogP contribution in [0.1, 0.15) is 37.0 Å². The van der Waals surface area contributed by atoms with Crippen LogP contribution in [0.3, 0.4) is 0 Å². The number of hydrogen-bond donors (Lipinski definition) is 3. The van der Waals surface area contributed by atoms with Crippen LogP contribution < -0.4 is 10.6 Å². The highest BCUT2D eigenvalue weighted by molar-refractivity contribution is 5.97. The van der Waals surface area contributed by atoms with Crippen molar-refractivity contribution >= 4 is 29.3 Å². The fourth-order valence-corrected chi connectivity index (χ4v) is 1.75. The Labute approximate surface area is 127 Å². The maximum Gasteiger partial charge on any atom is 0.326 e. The van der Waals surface area contributed by atoms with E-state index in [0.29, 0.717) is 5.69 Å². The first-order valence-corrected chi connectivity index (χ1v) is 6.70. The summed E-state index contributed by atoms with van der Waals surface area (Å²) in [6, 6.07) is 4.92. The summed E-state index contributed by atoms with van der Waals surface area (Å²) in [6.07, 6.45) is 0.124. The maximum absolute atomic E-state index is 12.0. The molecule has 1 atom stereocenters. The minimum atomic E-state index is -1.19.